The van der Waals surface area contributed by atoms with E-state index in [1.165, 1.54) is 12.3 Å². The van der Waals surface area contributed by atoms with Gasteiger partial charge in [-0.2, -0.15) is 0 Å². The average molecular weight is 382 g/mol. The van der Waals surface area contributed by atoms with Gasteiger partial charge in [0.05, 0.1) is 6.26 Å². The highest BCUT2D eigenvalue weighted by molar-refractivity contribution is 6.04. The van der Waals surface area contributed by atoms with Crippen LogP contribution in [-0.2, 0) is 13.0 Å². The van der Waals surface area contributed by atoms with Crippen molar-refractivity contribution in [1.82, 2.24) is 4.90 Å². The second-order valence-corrected chi connectivity index (χ2v) is 6.49. The molecular formula is C21H16F2N2O3. The van der Waals surface area contributed by atoms with E-state index in [2.05, 4.69) is 5.32 Å². The number of benzene rings is 2. The molecule has 0 saturated heterocycles. The second kappa shape index (κ2) is 7.26. The van der Waals surface area contributed by atoms with E-state index >= 15 is 0 Å². The van der Waals surface area contributed by atoms with Gasteiger partial charge in [-0.15, -0.1) is 0 Å². The van der Waals surface area contributed by atoms with Gasteiger partial charge in [0.1, 0.15) is 17.2 Å². The first-order valence-corrected chi connectivity index (χ1v) is 8.73. The predicted molar refractivity (Wildman–Crippen MR) is 97.9 cm³/mol. The molecule has 0 spiro atoms. The third kappa shape index (κ3) is 3.38. The molecule has 0 saturated carbocycles. The lowest BCUT2D eigenvalue weighted by Crippen LogP contribution is -2.35. The number of hydrogen-bond donors (Lipinski definition) is 1. The van der Waals surface area contributed by atoms with Gasteiger partial charge in [-0.05, 0) is 53.9 Å². The lowest BCUT2D eigenvalue weighted by Gasteiger charge is -2.28. The van der Waals surface area contributed by atoms with Crippen molar-refractivity contribution in [3.63, 3.8) is 0 Å². The number of fused-ring (bicyclic) bond motifs is 1. The van der Waals surface area contributed by atoms with E-state index in [0.717, 1.165) is 23.3 Å². The standard InChI is InChI=1S/C21H16F2N2O3/c22-16-3-1-4-17(23)19(16)20(26)24-15-7-6-13-8-9-25(12-14(13)11-15)21(27)18-5-2-10-28-18/h1-7,10-11H,8-9,12H2,(H,24,26). The maximum atomic E-state index is 13.8. The maximum absolute atomic E-state index is 13.8. The summed E-state index contributed by atoms with van der Waals surface area (Å²) < 4.78 is 32.8. The number of halogens is 2. The Balaban J connectivity index is 1.53. The fourth-order valence-electron chi connectivity index (χ4n) is 3.27. The van der Waals surface area contributed by atoms with Gasteiger partial charge in [0.25, 0.3) is 11.8 Å². The molecule has 2 heterocycles. The molecule has 142 valence electrons. The van der Waals surface area contributed by atoms with E-state index in [4.69, 9.17) is 4.42 Å². The minimum absolute atomic E-state index is 0.210. The largest absolute Gasteiger partial charge is 0.459 e. The molecular weight excluding hydrogens is 366 g/mol. The van der Waals surface area contributed by atoms with Crippen molar-refractivity contribution in [2.24, 2.45) is 0 Å². The van der Waals surface area contributed by atoms with Gasteiger partial charge in [-0.25, -0.2) is 8.78 Å². The average Bonchev–Trinajstić information content (AvgIpc) is 3.21. The monoisotopic (exact) mass is 382 g/mol. The van der Waals surface area contributed by atoms with Gasteiger partial charge < -0.3 is 14.6 Å². The van der Waals surface area contributed by atoms with E-state index in [1.807, 2.05) is 6.07 Å². The predicted octanol–water partition coefficient (Wildman–Crippen LogP) is 4.01. The van der Waals surface area contributed by atoms with E-state index in [-0.39, 0.29) is 11.7 Å². The SMILES string of the molecule is O=C(Nc1ccc2c(c1)CN(C(=O)c1ccco1)CC2)c1c(F)cccc1F. The molecule has 1 N–H and O–H groups in total. The zero-order valence-corrected chi connectivity index (χ0v) is 14.7. The minimum Gasteiger partial charge on any atom is -0.459 e. The van der Waals surface area contributed by atoms with E-state index in [1.54, 1.807) is 29.2 Å². The first kappa shape index (κ1) is 17.9. The molecule has 0 unspecified atom stereocenters. The molecule has 0 fully saturated rings. The van der Waals surface area contributed by atoms with Crippen LogP contribution in [0.15, 0.2) is 59.2 Å². The normalized spacial score (nSPS) is 13.1. The number of furan rings is 1. The molecule has 1 aliphatic rings. The summed E-state index contributed by atoms with van der Waals surface area (Å²) in [6.45, 7) is 0.908. The van der Waals surface area contributed by atoms with Crippen molar-refractivity contribution in [2.45, 2.75) is 13.0 Å². The Hall–Kier alpha value is -3.48. The molecule has 2 amide bonds. The zero-order valence-electron chi connectivity index (χ0n) is 14.7. The Bertz CT molecular complexity index is 1030. The zero-order chi connectivity index (χ0) is 19.7. The van der Waals surface area contributed by atoms with Crippen molar-refractivity contribution in [3.8, 4) is 0 Å². The van der Waals surface area contributed by atoms with Crippen LogP contribution < -0.4 is 5.32 Å². The highest BCUT2D eigenvalue weighted by atomic mass is 19.1. The van der Waals surface area contributed by atoms with Crippen LogP contribution >= 0.6 is 0 Å². The fourth-order valence-corrected chi connectivity index (χ4v) is 3.27. The van der Waals surface area contributed by atoms with Crippen LogP contribution in [0.2, 0.25) is 0 Å². The minimum atomic E-state index is -0.925. The van der Waals surface area contributed by atoms with Gasteiger partial charge in [-0.3, -0.25) is 9.59 Å². The van der Waals surface area contributed by atoms with E-state index in [0.29, 0.717) is 25.2 Å². The van der Waals surface area contributed by atoms with Gasteiger partial charge in [0.2, 0.25) is 0 Å². The lowest BCUT2D eigenvalue weighted by atomic mass is 9.98. The Morgan fingerprint density at radius 1 is 1.00 bits per heavy atom. The van der Waals surface area contributed by atoms with Gasteiger partial charge in [0.15, 0.2) is 5.76 Å². The van der Waals surface area contributed by atoms with Crippen LogP contribution in [0, 0.1) is 11.6 Å². The van der Waals surface area contributed by atoms with Crippen LogP contribution in [0.25, 0.3) is 0 Å². The Morgan fingerprint density at radius 3 is 2.50 bits per heavy atom. The van der Waals surface area contributed by atoms with Crippen LogP contribution in [0.1, 0.15) is 32.0 Å². The first-order chi connectivity index (χ1) is 13.5. The molecule has 0 bridgehead atoms. The molecule has 1 aromatic heterocycles. The summed E-state index contributed by atoms with van der Waals surface area (Å²) in [7, 11) is 0. The number of hydrogen-bond acceptors (Lipinski definition) is 3. The summed E-state index contributed by atoms with van der Waals surface area (Å²) in [6, 6.07) is 11.8. The second-order valence-electron chi connectivity index (χ2n) is 6.49. The molecule has 5 nitrogen and oxygen atoms in total. The molecule has 1 aliphatic heterocycles. The van der Waals surface area contributed by atoms with Gasteiger partial charge in [0, 0.05) is 18.8 Å². The van der Waals surface area contributed by atoms with Crippen LogP contribution in [0.4, 0.5) is 14.5 Å². The summed E-state index contributed by atoms with van der Waals surface area (Å²) in [5.74, 6) is -2.66. The molecule has 7 heteroatoms. The number of amides is 2. The number of nitrogens with zero attached hydrogens (tertiary/aromatic N) is 1. The highest BCUT2D eigenvalue weighted by Crippen LogP contribution is 2.25. The molecule has 2 aromatic carbocycles. The number of anilines is 1. The fraction of sp³-hybridized carbons (Fsp3) is 0.143. The van der Waals surface area contributed by atoms with Crippen LogP contribution in [0.3, 0.4) is 0 Å². The van der Waals surface area contributed by atoms with E-state index in [9.17, 15) is 18.4 Å². The molecule has 28 heavy (non-hydrogen) atoms. The van der Waals surface area contributed by atoms with Gasteiger partial charge >= 0.3 is 0 Å². The van der Waals surface area contributed by atoms with Gasteiger partial charge in [-0.1, -0.05) is 12.1 Å². The lowest BCUT2D eigenvalue weighted by molar-refractivity contribution is 0.0702. The van der Waals surface area contributed by atoms with Crippen molar-refractivity contribution in [3.05, 3.63) is 88.9 Å². The highest BCUT2D eigenvalue weighted by Gasteiger charge is 2.24. The summed E-state index contributed by atoms with van der Waals surface area (Å²) in [6.07, 6.45) is 2.11. The summed E-state index contributed by atoms with van der Waals surface area (Å²) in [5, 5.41) is 2.52. The molecule has 4 rings (SSSR count). The van der Waals surface area contributed by atoms with Crippen molar-refractivity contribution < 1.29 is 22.8 Å². The number of rotatable bonds is 3. The molecule has 0 radical (unpaired) electrons. The van der Waals surface area contributed by atoms with Crippen molar-refractivity contribution in [2.75, 3.05) is 11.9 Å². The Labute approximate surface area is 159 Å². The quantitative estimate of drug-likeness (QED) is 0.745. The third-order valence-corrected chi connectivity index (χ3v) is 4.69. The maximum Gasteiger partial charge on any atom is 0.289 e. The number of carbonyl (C=O) groups is 2. The topological polar surface area (TPSA) is 62.6 Å². The number of nitrogens with one attached hydrogen (secondary N) is 1. The summed E-state index contributed by atoms with van der Waals surface area (Å²) in [4.78, 5) is 26.4. The third-order valence-electron chi connectivity index (χ3n) is 4.69. The summed E-state index contributed by atoms with van der Waals surface area (Å²) in [5.41, 5.74) is 1.69. The molecule has 3 aromatic rings. The number of carbonyl (C=O) groups excluding carboxylic acids is 2. The van der Waals surface area contributed by atoms with Crippen molar-refractivity contribution >= 4 is 17.5 Å². The van der Waals surface area contributed by atoms with Crippen LogP contribution in [-0.4, -0.2) is 23.3 Å². The molecule has 0 aliphatic carbocycles. The smallest absolute Gasteiger partial charge is 0.289 e. The summed E-state index contributed by atoms with van der Waals surface area (Å²) >= 11 is 0. The van der Waals surface area contributed by atoms with Crippen LogP contribution in [0.5, 0.6) is 0 Å². The Morgan fingerprint density at radius 2 is 1.79 bits per heavy atom. The Kier molecular flexibility index (Phi) is 4.65. The first-order valence-electron chi connectivity index (χ1n) is 8.73. The van der Waals surface area contributed by atoms with E-state index < -0.39 is 23.1 Å². The van der Waals surface area contributed by atoms with Crippen molar-refractivity contribution in [1.29, 1.82) is 0 Å². The molecule has 0 atom stereocenters.